The molecule has 3 aliphatic heterocycles. The van der Waals surface area contributed by atoms with Gasteiger partial charge in [-0.15, -0.1) is 6.42 Å². The van der Waals surface area contributed by atoms with Crippen LogP contribution in [-0.2, 0) is 0 Å². The van der Waals surface area contributed by atoms with Gasteiger partial charge < -0.3 is 19.3 Å². The highest BCUT2D eigenvalue weighted by atomic mass is 35.5. The standard InChI is InChI=1S/C37H41ClN4O3/c1-5-26-8-10-28(11-9-26)35-34(27-12-14-29(38)15-13-27)39-36(32-17-16-31(44-4)24-33(32)45-25(2)3)42(35)37(43)41-22-18-30(19-23-41)40-20-6-7-21-40/h1,8-17,24-25,30,34-35H,6-7,18-23H2,2-4H3. The summed E-state index contributed by atoms with van der Waals surface area (Å²) in [6, 6.07) is 21.0. The van der Waals surface area contributed by atoms with E-state index in [1.807, 2.05) is 90.4 Å². The monoisotopic (exact) mass is 624 g/mol. The van der Waals surface area contributed by atoms with E-state index in [9.17, 15) is 4.79 Å². The average Bonchev–Trinajstić information content (AvgIpc) is 3.74. The van der Waals surface area contributed by atoms with E-state index >= 15 is 0 Å². The molecule has 2 fully saturated rings. The molecule has 0 aliphatic carbocycles. The summed E-state index contributed by atoms with van der Waals surface area (Å²) in [5, 5.41) is 0.646. The van der Waals surface area contributed by atoms with Crippen molar-refractivity contribution >= 4 is 23.5 Å². The lowest BCUT2D eigenvalue weighted by molar-refractivity contribution is 0.117. The molecule has 45 heavy (non-hydrogen) atoms. The lowest BCUT2D eigenvalue weighted by atomic mass is 9.93. The largest absolute Gasteiger partial charge is 0.497 e. The molecule has 0 spiro atoms. The minimum Gasteiger partial charge on any atom is -0.497 e. The molecule has 2 amide bonds. The number of halogens is 1. The second-order valence-corrected chi connectivity index (χ2v) is 12.7. The van der Waals surface area contributed by atoms with Crippen molar-refractivity contribution in [3.8, 4) is 23.8 Å². The zero-order valence-corrected chi connectivity index (χ0v) is 27.0. The molecule has 3 aliphatic rings. The number of ether oxygens (including phenoxy) is 2. The Labute approximate surface area is 271 Å². The summed E-state index contributed by atoms with van der Waals surface area (Å²) in [6.45, 7) is 7.71. The van der Waals surface area contributed by atoms with E-state index in [2.05, 4.69) is 10.8 Å². The first-order valence-electron chi connectivity index (χ1n) is 15.9. The average molecular weight is 625 g/mol. The fourth-order valence-electron chi connectivity index (χ4n) is 6.82. The minimum atomic E-state index is -0.411. The van der Waals surface area contributed by atoms with Crippen molar-refractivity contribution in [2.24, 2.45) is 4.99 Å². The van der Waals surface area contributed by atoms with Crippen LogP contribution in [-0.4, -0.2) is 72.0 Å². The van der Waals surface area contributed by atoms with Crippen LogP contribution in [0.4, 0.5) is 4.79 Å². The maximum atomic E-state index is 14.8. The molecule has 3 heterocycles. The summed E-state index contributed by atoms with van der Waals surface area (Å²) in [4.78, 5) is 26.7. The summed E-state index contributed by atoms with van der Waals surface area (Å²) in [5.41, 5.74) is 3.44. The van der Waals surface area contributed by atoms with E-state index in [1.165, 1.54) is 12.8 Å². The Hall–Kier alpha value is -3.99. The third-order valence-corrected chi connectivity index (χ3v) is 9.34. The topological polar surface area (TPSA) is 57.6 Å². The smallest absolute Gasteiger partial charge is 0.326 e. The number of aliphatic imine (C=N–C) groups is 1. The van der Waals surface area contributed by atoms with E-state index in [1.54, 1.807) is 7.11 Å². The number of nitrogens with zero attached hydrogens (tertiary/aromatic N) is 4. The number of carbonyl (C=O) groups is 1. The molecule has 2 unspecified atom stereocenters. The van der Waals surface area contributed by atoms with Gasteiger partial charge in [0.05, 0.1) is 24.8 Å². The molecule has 0 radical (unpaired) electrons. The summed E-state index contributed by atoms with van der Waals surface area (Å²) in [7, 11) is 1.63. The number of hydrogen-bond acceptors (Lipinski definition) is 5. The maximum Gasteiger partial charge on any atom is 0.326 e. The van der Waals surface area contributed by atoms with Crippen LogP contribution in [0.3, 0.4) is 0 Å². The Morgan fingerprint density at radius 2 is 1.62 bits per heavy atom. The van der Waals surface area contributed by atoms with E-state index < -0.39 is 6.04 Å². The van der Waals surface area contributed by atoms with Gasteiger partial charge in [-0.3, -0.25) is 9.89 Å². The summed E-state index contributed by atoms with van der Waals surface area (Å²) in [6.07, 6.45) is 10.1. The lowest BCUT2D eigenvalue weighted by Crippen LogP contribution is -2.52. The Balaban J connectivity index is 1.45. The SMILES string of the molecule is C#Cc1ccc(C2C(c3ccc(Cl)cc3)N=C(c3ccc(OC)cc3OC(C)C)N2C(=O)N2CCC(N3CCCC3)CC2)cc1. The van der Waals surface area contributed by atoms with E-state index in [4.69, 9.17) is 32.5 Å². The highest BCUT2D eigenvalue weighted by Crippen LogP contribution is 2.46. The van der Waals surface area contributed by atoms with Gasteiger partial charge >= 0.3 is 6.03 Å². The summed E-state index contributed by atoms with van der Waals surface area (Å²) >= 11 is 6.31. The number of likely N-dealkylation sites (tertiary alicyclic amines) is 2. The number of rotatable bonds is 7. The van der Waals surface area contributed by atoms with Gasteiger partial charge in [0.1, 0.15) is 23.4 Å². The van der Waals surface area contributed by atoms with Gasteiger partial charge in [0.2, 0.25) is 0 Å². The molecule has 2 saturated heterocycles. The van der Waals surface area contributed by atoms with Gasteiger partial charge in [-0.05, 0) is 100 Å². The first-order valence-corrected chi connectivity index (χ1v) is 16.3. The molecule has 0 N–H and O–H groups in total. The quantitative estimate of drug-likeness (QED) is 0.258. The fourth-order valence-corrected chi connectivity index (χ4v) is 6.94. The summed E-state index contributed by atoms with van der Waals surface area (Å²) in [5.74, 6) is 4.58. The van der Waals surface area contributed by atoms with E-state index in [0.29, 0.717) is 41.5 Å². The minimum absolute atomic E-state index is 0.0533. The van der Waals surface area contributed by atoms with Crippen molar-refractivity contribution in [2.75, 3.05) is 33.3 Å². The number of terminal acetylenes is 1. The van der Waals surface area contributed by atoms with Crippen molar-refractivity contribution < 1.29 is 14.3 Å². The molecule has 0 aromatic heterocycles. The van der Waals surface area contributed by atoms with Gasteiger partial charge in [-0.1, -0.05) is 41.8 Å². The molecule has 2 atom stereocenters. The van der Waals surface area contributed by atoms with Crippen molar-refractivity contribution in [2.45, 2.75) is 63.8 Å². The third kappa shape index (κ3) is 6.54. The summed E-state index contributed by atoms with van der Waals surface area (Å²) < 4.78 is 11.9. The van der Waals surface area contributed by atoms with Crippen LogP contribution in [0.25, 0.3) is 0 Å². The van der Waals surface area contributed by atoms with Gasteiger partial charge in [-0.25, -0.2) is 4.79 Å². The second-order valence-electron chi connectivity index (χ2n) is 12.3. The van der Waals surface area contributed by atoms with Crippen molar-refractivity contribution in [3.05, 3.63) is 94.0 Å². The number of amidine groups is 1. The Morgan fingerprint density at radius 1 is 0.956 bits per heavy atom. The molecule has 3 aromatic rings. The fraction of sp³-hybridized carbons (Fsp3) is 0.405. The highest BCUT2D eigenvalue weighted by molar-refractivity contribution is 6.30. The van der Waals surface area contributed by atoms with Crippen molar-refractivity contribution in [3.63, 3.8) is 0 Å². The molecule has 8 heteroatoms. The third-order valence-electron chi connectivity index (χ3n) is 9.09. The Kier molecular flexibility index (Phi) is 9.34. The number of urea groups is 1. The van der Waals surface area contributed by atoms with Crippen LogP contribution in [0.1, 0.15) is 73.9 Å². The highest BCUT2D eigenvalue weighted by Gasteiger charge is 2.45. The van der Waals surface area contributed by atoms with Crippen LogP contribution in [0, 0.1) is 12.3 Å². The number of carbonyl (C=O) groups excluding carboxylic acids is 1. The molecule has 234 valence electrons. The van der Waals surface area contributed by atoms with Gasteiger partial charge in [-0.2, -0.15) is 0 Å². The zero-order valence-electron chi connectivity index (χ0n) is 26.3. The Bertz CT molecular complexity index is 1570. The molecule has 0 bridgehead atoms. The predicted octanol–water partition coefficient (Wildman–Crippen LogP) is 7.34. The Morgan fingerprint density at radius 3 is 2.24 bits per heavy atom. The van der Waals surface area contributed by atoms with Gasteiger partial charge in [0.15, 0.2) is 0 Å². The van der Waals surface area contributed by atoms with Crippen LogP contribution in [0.2, 0.25) is 5.02 Å². The van der Waals surface area contributed by atoms with E-state index in [-0.39, 0.29) is 18.2 Å². The number of methoxy groups -OCH3 is 1. The number of benzene rings is 3. The number of hydrogen-bond donors (Lipinski definition) is 0. The van der Waals surface area contributed by atoms with Crippen LogP contribution in [0.15, 0.2) is 71.7 Å². The second kappa shape index (κ2) is 13.6. The molecule has 3 aromatic carbocycles. The first kappa shape index (κ1) is 31.0. The molecule has 0 saturated carbocycles. The zero-order chi connectivity index (χ0) is 31.5. The number of amides is 2. The molecular formula is C37H41ClN4O3. The van der Waals surface area contributed by atoms with Crippen LogP contribution >= 0.6 is 11.6 Å². The van der Waals surface area contributed by atoms with Crippen molar-refractivity contribution in [1.82, 2.24) is 14.7 Å². The molecule has 7 nitrogen and oxygen atoms in total. The predicted molar refractivity (Wildman–Crippen MR) is 179 cm³/mol. The van der Waals surface area contributed by atoms with Crippen LogP contribution in [0.5, 0.6) is 11.5 Å². The lowest BCUT2D eigenvalue weighted by Gasteiger charge is -2.40. The number of piperidine rings is 1. The maximum absolute atomic E-state index is 14.8. The van der Waals surface area contributed by atoms with Gasteiger partial charge in [0, 0.05) is 35.8 Å². The van der Waals surface area contributed by atoms with Gasteiger partial charge in [0.25, 0.3) is 0 Å². The van der Waals surface area contributed by atoms with E-state index in [0.717, 1.165) is 48.2 Å². The van der Waals surface area contributed by atoms with Crippen molar-refractivity contribution in [1.29, 1.82) is 0 Å². The normalized spacial score (nSPS) is 20.8. The molecular weight excluding hydrogens is 584 g/mol. The first-order chi connectivity index (χ1) is 21.9. The molecule has 6 rings (SSSR count). The van der Waals surface area contributed by atoms with Crippen LogP contribution < -0.4 is 9.47 Å².